The van der Waals surface area contributed by atoms with Crippen molar-refractivity contribution in [2.45, 2.75) is 68.3 Å². The van der Waals surface area contributed by atoms with Crippen LogP contribution in [0.5, 0.6) is 28.7 Å². The Kier molecular flexibility index (Phi) is 8.30. The van der Waals surface area contributed by atoms with Crippen molar-refractivity contribution in [2.24, 2.45) is 0 Å². The maximum absolute atomic E-state index is 10.7. The van der Waals surface area contributed by atoms with Gasteiger partial charge in [0, 0.05) is 18.2 Å². The fraction of sp³-hybridized carbons (Fsp3) is 0.444. The van der Waals surface area contributed by atoms with Gasteiger partial charge in [0.05, 0.1) is 24.3 Å². The van der Waals surface area contributed by atoms with Gasteiger partial charge in [0.15, 0.2) is 17.8 Å². The van der Waals surface area contributed by atoms with Crippen LogP contribution in [-0.2, 0) is 14.2 Å². The van der Waals surface area contributed by atoms with E-state index in [2.05, 4.69) is 0 Å². The highest BCUT2D eigenvalue weighted by Crippen LogP contribution is 2.42. The van der Waals surface area contributed by atoms with Crippen LogP contribution in [-0.4, -0.2) is 119 Å². The highest BCUT2D eigenvalue weighted by atomic mass is 16.7. The minimum atomic E-state index is -1.82. The zero-order chi connectivity index (χ0) is 30.5. The smallest absolute Gasteiger partial charge is 0.402 e. The molecule has 5 rings (SSSR count). The number of aromatic hydroxyl groups is 4. The Morgan fingerprint density at radius 3 is 2.12 bits per heavy atom. The van der Waals surface area contributed by atoms with Gasteiger partial charge < -0.3 is 70.0 Å². The van der Waals surface area contributed by atoms with Crippen molar-refractivity contribution in [1.29, 1.82) is 0 Å². The molecule has 1 aromatic heterocycles. The van der Waals surface area contributed by atoms with E-state index in [4.69, 9.17) is 23.4 Å². The number of aliphatic hydroxyl groups is 6. The Balaban J connectivity index is 1.44. The second-order valence-corrected chi connectivity index (χ2v) is 10.2. The Bertz CT molecular complexity index is 1430. The highest BCUT2D eigenvalue weighted by molar-refractivity contribution is 5.88. The molecule has 2 aromatic carbocycles. The molecule has 0 unspecified atom stereocenters. The van der Waals surface area contributed by atoms with Crippen LogP contribution in [0.2, 0.25) is 0 Å². The van der Waals surface area contributed by atoms with Gasteiger partial charge >= 0.3 is 11.3 Å². The van der Waals surface area contributed by atoms with Crippen LogP contribution < -0.4 is 4.74 Å². The number of rotatable bonds is 6. The second-order valence-electron chi connectivity index (χ2n) is 10.2. The first-order valence-electron chi connectivity index (χ1n) is 12.9. The number of hydrogen-bond acceptors (Lipinski definition) is 14. The van der Waals surface area contributed by atoms with Crippen LogP contribution in [0.25, 0.3) is 22.3 Å². The summed E-state index contributed by atoms with van der Waals surface area (Å²) in [5.41, 5.74) is 0.163. The summed E-state index contributed by atoms with van der Waals surface area (Å²) in [6, 6.07) is 7.22. The normalized spacial score (nSPS) is 33.5. The number of phenolic OH excluding ortho intramolecular Hbond substituents is 4. The van der Waals surface area contributed by atoms with E-state index in [-0.39, 0.29) is 33.8 Å². The topological polar surface area (TPSA) is 251 Å². The highest BCUT2D eigenvalue weighted by Gasteiger charge is 2.48. The van der Waals surface area contributed by atoms with Crippen molar-refractivity contribution in [1.82, 2.24) is 0 Å². The molecular weight excluding hydrogens is 564 g/mol. The van der Waals surface area contributed by atoms with Gasteiger partial charge in [0.2, 0.25) is 12.0 Å². The van der Waals surface area contributed by atoms with E-state index in [9.17, 15) is 51.1 Å². The fourth-order valence-corrected chi connectivity index (χ4v) is 4.76. The minimum absolute atomic E-state index is 0.00170. The predicted molar refractivity (Wildman–Crippen MR) is 138 cm³/mol. The van der Waals surface area contributed by atoms with Crippen LogP contribution in [0.1, 0.15) is 6.92 Å². The Morgan fingerprint density at radius 2 is 1.40 bits per heavy atom. The first-order chi connectivity index (χ1) is 19.8. The van der Waals surface area contributed by atoms with Crippen molar-refractivity contribution in [3.63, 3.8) is 0 Å². The summed E-state index contributed by atoms with van der Waals surface area (Å²) in [6.45, 7) is 0.925. The number of hydrogen-bond donors (Lipinski definition) is 10. The molecule has 15 heteroatoms. The summed E-state index contributed by atoms with van der Waals surface area (Å²) >= 11 is 0. The monoisotopic (exact) mass is 595 g/mol. The van der Waals surface area contributed by atoms with E-state index in [1.54, 1.807) is 0 Å². The zero-order valence-electron chi connectivity index (χ0n) is 22.0. The van der Waals surface area contributed by atoms with Gasteiger partial charge in [0.25, 0.3) is 0 Å². The van der Waals surface area contributed by atoms with E-state index < -0.39 is 85.3 Å². The molecule has 2 aliphatic heterocycles. The van der Waals surface area contributed by atoms with Gasteiger partial charge in [-0.1, -0.05) is 0 Å². The molecule has 0 bridgehead atoms. The van der Waals surface area contributed by atoms with Gasteiger partial charge in [-0.3, -0.25) is 0 Å². The molecule has 10 N–H and O–H groups in total. The van der Waals surface area contributed by atoms with Crippen molar-refractivity contribution >= 4 is 11.0 Å². The molecular formula is C27H31O15+. The van der Waals surface area contributed by atoms with Gasteiger partial charge in [-0.05, 0) is 19.1 Å². The third-order valence-electron chi connectivity index (χ3n) is 7.20. The zero-order valence-corrected chi connectivity index (χ0v) is 22.0. The van der Waals surface area contributed by atoms with Crippen LogP contribution in [0.3, 0.4) is 0 Å². The molecule has 15 nitrogen and oxygen atoms in total. The van der Waals surface area contributed by atoms with Gasteiger partial charge in [-0.25, -0.2) is 4.42 Å². The van der Waals surface area contributed by atoms with Crippen molar-refractivity contribution < 1.29 is 74.4 Å². The van der Waals surface area contributed by atoms with Gasteiger partial charge in [-0.2, -0.15) is 0 Å². The third kappa shape index (κ3) is 5.61. The maximum Gasteiger partial charge on any atom is 0.402 e. The summed E-state index contributed by atoms with van der Waals surface area (Å²) < 4.78 is 28.3. The summed E-state index contributed by atoms with van der Waals surface area (Å²) in [4.78, 5) is 0. The number of phenols is 4. The van der Waals surface area contributed by atoms with Crippen LogP contribution in [0.4, 0.5) is 0 Å². The second kappa shape index (κ2) is 11.6. The average molecular weight is 596 g/mol. The minimum Gasteiger partial charge on any atom is -0.507 e. The summed E-state index contributed by atoms with van der Waals surface area (Å²) in [6.07, 6.45) is -15.3. The molecule has 0 amide bonds. The van der Waals surface area contributed by atoms with Crippen molar-refractivity contribution in [3.8, 4) is 40.1 Å². The average Bonchev–Trinajstić information content (AvgIpc) is 2.95. The summed E-state index contributed by atoms with van der Waals surface area (Å²) in [5.74, 6) is -1.92. The fourth-order valence-electron chi connectivity index (χ4n) is 4.76. The van der Waals surface area contributed by atoms with Gasteiger partial charge in [0.1, 0.15) is 59.6 Å². The molecule has 2 aliphatic rings. The number of fused-ring (bicyclic) bond motifs is 1. The number of aliphatic hydroxyl groups excluding tert-OH is 6. The largest absolute Gasteiger partial charge is 0.507 e. The van der Waals surface area contributed by atoms with Gasteiger partial charge in [-0.15, -0.1) is 0 Å². The third-order valence-corrected chi connectivity index (χ3v) is 7.20. The first kappa shape index (κ1) is 30.0. The first-order valence-corrected chi connectivity index (χ1v) is 12.9. The van der Waals surface area contributed by atoms with E-state index in [1.165, 1.54) is 31.2 Å². The Morgan fingerprint density at radius 1 is 0.714 bits per heavy atom. The lowest BCUT2D eigenvalue weighted by Crippen LogP contribution is -2.61. The lowest BCUT2D eigenvalue weighted by atomic mass is 9.98. The molecule has 3 heterocycles. The predicted octanol–water partition coefficient (Wildman–Crippen LogP) is -0.766. The van der Waals surface area contributed by atoms with E-state index in [0.717, 1.165) is 12.1 Å². The number of benzene rings is 2. The maximum atomic E-state index is 10.7. The standard InChI is InChI=1S/C27H30O15/c1-9-19(32)21(34)23(36)26(39-9)38-8-18-20(33)22(35)24(37)27(42-18)41-17-7-12-14(30)5-11(28)6-16(12)40-25(17)10-2-3-13(29)15(31)4-10/h2-7,9,18-24,26-27,32-37H,8H2,1H3,(H3-,28,29,30,31)/p+1/t9-,18+,19-,20-,21+,22+,23+,24+,26+,27+/m0/s1. The molecule has 0 saturated carbocycles. The molecule has 2 fully saturated rings. The quantitative estimate of drug-likeness (QED) is 0.124. The van der Waals surface area contributed by atoms with Crippen molar-refractivity contribution in [3.05, 3.63) is 36.4 Å². The van der Waals surface area contributed by atoms with Crippen LogP contribution in [0.15, 0.2) is 40.8 Å². The summed E-state index contributed by atoms with van der Waals surface area (Å²) in [7, 11) is 0. The lowest BCUT2D eigenvalue weighted by Gasteiger charge is -2.42. The molecule has 0 radical (unpaired) electrons. The van der Waals surface area contributed by atoms with Crippen LogP contribution in [0, 0.1) is 0 Å². The molecule has 0 aliphatic carbocycles. The van der Waals surface area contributed by atoms with E-state index in [1.807, 2.05) is 0 Å². The molecule has 10 atom stereocenters. The molecule has 0 spiro atoms. The molecule has 3 aromatic rings. The SMILES string of the molecule is C[C@@H]1O[C@@H](OC[C@H]2O[C@@H](Oc3cc4c(O)cc(O)cc4[o+]c3-c3ccc(O)c(O)c3)[C@H](O)[C@H](O)[C@H]2O)[C@H](O)[C@H](O)[C@H]1O. The molecule has 42 heavy (non-hydrogen) atoms. The summed E-state index contributed by atoms with van der Waals surface area (Å²) in [5, 5.41) is 102. The Hall–Kier alpha value is -3.51. The Labute approximate surface area is 237 Å². The molecule has 228 valence electrons. The van der Waals surface area contributed by atoms with Crippen LogP contribution >= 0.6 is 0 Å². The van der Waals surface area contributed by atoms with E-state index in [0.29, 0.717) is 0 Å². The lowest BCUT2D eigenvalue weighted by molar-refractivity contribution is -0.318. The number of ether oxygens (including phenoxy) is 4. The van der Waals surface area contributed by atoms with E-state index >= 15 is 0 Å². The van der Waals surface area contributed by atoms with Crippen molar-refractivity contribution in [2.75, 3.05) is 6.61 Å². The molecule has 2 saturated heterocycles.